The van der Waals surface area contributed by atoms with E-state index in [1.54, 1.807) is 16.8 Å². The summed E-state index contributed by atoms with van der Waals surface area (Å²) in [5.41, 5.74) is 2.78. The monoisotopic (exact) mass is 343 g/mol. The van der Waals surface area contributed by atoms with Crippen LogP contribution in [0.5, 0.6) is 0 Å². The largest absolute Gasteiger partial charge is 0.339 e. The third-order valence-electron chi connectivity index (χ3n) is 4.41. The molecule has 0 saturated carbocycles. The number of hydrogen-bond donors (Lipinski definition) is 0. The zero-order valence-electron chi connectivity index (χ0n) is 14.1. The minimum atomic E-state index is 0.0469. The van der Waals surface area contributed by atoms with Crippen molar-refractivity contribution in [2.45, 2.75) is 26.8 Å². The van der Waals surface area contributed by atoms with Crippen LogP contribution in [0.25, 0.3) is 6.08 Å². The fraction of sp³-hybridized carbons (Fsp3) is 0.368. The Kier molecular flexibility index (Phi) is 5.05. The second kappa shape index (κ2) is 7.22. The standard InChI is InChI=1S/C19H22ClN3O/c1-14-10-11-22(12-14)18(24)9-8-17-15(2)21-23(19(17)20)13-16-6-4-3-5-7-16/h3-9,14H,10-13H2,1-2H3/b9-8+. The average Bonchev–Trinajstić information content (AvgIpc) is 3.11. The lowest BCUT2D eigenvalue weighted by Crippen LogP contribution is -2.26. The van der Waals surface area contributed by atoms with Crippen LogP contribution in [0.1, 0.15) is 30.2 Å². The van der Waals surface area contributed by atoms with Crippen LogP contribution in [0.15, 0.2) is 36.4 Å². The van der Waals surface area contributed by atoms with Crippen molar-refractivity contribution in [3.8, 4) is 0 Å². The topological polar surface area (TPSA) is 38.1 Å². The Hall–Kier alpha value is -2.07. The Morgan fingerprint density at radius 3 is 2.79 bits per heavy atom. The highest BCUT2D eigenvalue weighted by Crippen LogP contribution is 2.23. The van der Waals surface area contributed by atoms with E-state index in [0.29, 0.717) is 17.6 Å². The van der Waals surface area contributed by atoms with Gasteiger partial charge < -0.3 is 4.90 Å². The maximum atomic E-state index is 12.3. The van der Waals surface area contributed by atoms with Crippen LogP contribution in [0.2, 0.25) is 5.15 Å². The van der Waals surface area contributed by atoms with E-state index < -0.39 is 0 Å². The van der Waals surface area contributed by atoms with Crippen molar-refractivity contribution in [3.05, 3.63) is 58.4 Å². The molecule has 126 valence electrons. The smallest absolute Gasteiger partial charge is 0.246 e. The van der Waals surface area contributed by atoms with E-state index in [1.165, 1.54) is 0 Å². The Bertz CT molecular complexity index is 751. The number of halogens is 1. The van der Waals surface area contributed by atoms with Gasteiger partial charge in [0.25, 0.3) is 0 Å². The number of carbonyl (C=O) groups excluding carboxylic acids is 1. The molecule has 1 atom stereocenters. The highest BCUT2D eigenvalue weighted by Gasteiger charge is 2.21. The fourth-order valence-electron chi connectivity index (χ4n) is 3.01. The molecule has 0 bridgehead atoms. The first-order chi connectivity index (χ1) is 11.5. The predicted octanol–water partition coefficient (Wildman–Crippen LogP) is 3.77. The molecule has 0 radical (unpaired) electrons. The molecule has 0 N–H and O–H groups in total. The van der Waals surface area contributed by atoms with Crippen molar-refractivity contribution in [3.63, 3.8) is 0 Å². The van der Waals surface area contributed by atoms with Gasteiger partial charge in [-0.25, -0.2) is 4.68 Å². The van der Waals surface area contributed by atoms with Gasteiger partial charge in [0.2, 0.25) is 5.91 Å². The number of aryl methyl sites for hydroxylation is 1. The number of amides is 1. The van der Waals surface area contributed by atoms with Crippen LogP contribution in [0.4, 0.5) is 0 Å². The van der Waals surface area contributed by atoms with Crippen LogP contribution >= 0.6 is 11.6 Å². The van der Waals surface area contributed by atoms with E-state index in [9.17, 15) is 4.79 Å². The minimum Gasteiger partial charge on any atom is -0.339 e. The molecule has 4 nitrogen and oxygen atoms in total. The van der Waals surface area contributed by atoms with E-state index in [0.717, 1.165) is 36.3 Å². The molecule has 1 aliphatic rings. The summed E-state index contributed by atoms with van der Waals surface area (Å²) >= 11 is 6.47. The van der Waals surface area contributed by atoms with Gasteiger partial charge in [0.05, 0.1) is 12.2 Å². The van der Waals surface area contributed by atoms with Gasteiger partial charge in [0, 0.05) is 24.7 Å². The molecule has 1 unspecified atom stereocenters. The van der Waals surface area contributed by atoms with Crippen LogP contribution in [0.3, 0.4) is 0 Å². The number of benzene rings is 1. The minimum absolute atomic E-state index is 0.0469. The Labute approximate surface area is 147 Å². The van der Waals surface area contributed by atoms with Gasteiger partial charge in [-0.3, -0.25) is 4.79 Å². The summed E-state index contributed by atoms with van der Waals surface area (Å²) in [6, 6.07) is 10.1. The predicted molar refractivity (Wildman–Crippen MR) is 96.9 cm³/mol. The molecule has 0 spiro atoms. The van der Waals surface area contributed by atoms with Crippen LogP contribution in [-0.2, 0) is 11.3 Å². The van der Waals surface area contributed by atoms with Gasteiger partial charge in [-0.2, -0.15) is 5.10 Å². The molecule has 5 heteroatoms. The third kappa shape index (κ3) is 3.70. The number of rotatable bonds is 4. The van der Waals surface area contributed by atoms with E-state index in [4.69, 9.17) is 11.6 Å². The summed E-state index contributed by atoms with van der Waals surface area (Å²) in [5, 5.41) is 5.07. The molecule has 1 aromatic carbocycles. The van der Waals surface area contributed by atoms with E-state index in [2.05, 4.69) is 12.0 Å². The van der Waals surface area contributed by atoms with Crippen molar-refractivity contribution in [1.29, 1.82) is 0 Å². The Morgan fingerprint density at radius 1 is 1.38 bits per heavy atom. The van der Waals surface area contributed by atoms with Gasteiger partial charge in [-0.1, -0.05) is 48.9 Å². The average molecular weight is 344 g/mol. The SMILES string of the molecule is Cc1nn(Cc2ccccc2)c(Cl)c1/C=C/C(=O)N1CCC(C)C1. The molecule has 1 aliphatic heterocycles. The fourth-order valence-corrected chi connectivity index (χ4v) is 3.31. The molecule has 1 aromatic heterocycles. The number of aromatic nitrogens is 2. The molecule has 24 heavy (non-hydrogen) atoms. The summed E-state index contributed by atoms with van der Waals surface area (Å²) in [7, 11) is 0. The van der Waals surface area contributed by atoms with Crippen LogP contribution in [0, 0.1) is 12.8 Å². The molecular weight excluding hydrogens is 322 g/mol. The Balaban J connectivity index is 1.74. The summed E-state index contributed by atoms with van der Waals surface area (Å²) in [4.78, 5) is 14.1. The zero-order valence-corrected chi connectivity index (χ0v) is 14.8. The first kappa shape index (κ1) is 16.8. The second-order valence-corrected chi connectivity index (χ2v) is 6.80. The van der Waals surface area contributed by atoms with Gasteiger partial charge in [-0.05, 0) is 30.9 Å². The summed E-state index contributed by atoms with van der Waals surface area (Å²) in [6.07, 6.45) is 4.48. The summed E-state index contributed by atoms with van der Waals surface area (Å²) < 4.78 is 1.77. The lowest BCUT2D eigenvalue weighted by atomic mass is 10.2. The van der Waals surface area contributed by atoms with Crippen molar-refractivity contribution >= 4 is 23.6 Å². The highest BCUT2D eigenvalue weighted by atomic mass is 35.5. The van der Waals surface area contributed by atoms with Gasteiger partial charge in [0.15, 0.2) is 0 Å². The zero-order chi connectivity index (χ0) is 17.1. The quantitative estimate of drug-likeness (QED) is 0.792. The Morgan fingerprint density at radius 2 is 2.12 bits per heavy atom. The number of hydrogen-bond acceptors (Lipinski definition) is 2. The molecule has 0 aliphatic carbocycles. The van der Waals surface area contributed by atoms with Crippen molar-refractivity contribution in [2.24, 2.45) is 5.92 Å². The lowest BCUT2D eigenvalue weighted by Gasteiger charge is -2.12. The van der Waals surface area contributed by atoms with Crippen molar-refractivity contribution in [2.75, 3.05) is 13.1 Å². The molecule has 2 heterocycles. The number of nitrogens with zero attached hydrogens (tertiary/aromatic N) is 3. The van der Waals surface area contributed by atoms with Gasteiger partial charge >= 0.3 is 0 Å². The van der Waals surface area contributed by atoms with E-state index >= 15 is 0 Å². The number of likely N-dealkylation sites (tertiary alicyclic amines) is 1. The summed E-state index contributed by atoms with van der Waals surface area (Å²) in [5.74, 6) is 0.631. The lowest BCUT2D eigenvalue weighted by molar-refractivity contribution is -0.125. The third-order valence-corrected chi connectivity index (χ3v) is 4.81. The molecule has 1 saturated heterocycles. The maximum absolute atomic E-state index is 12.3. The van der Waals surface area contributed by atoms with Crippen LogP contribution < -0.4 is 0 Å². The van der Waals surface area contributed by atoms with Crippen molar-refractivity contribution in [1.82, 2.24) is 14.7 Å². The first-order valence-electron chi connectivity index (χ1n) is 8.28. The molecule has 1 amide bonds. The molecule has 2 aromatic rings. The van der Waals surface area contributed by atoms with Gasteiger partial charge in [-0.15, -0.1) is 0 Å². The summed E-state index contributed by atoms with van der Waals surface area (Å²) in [6.45, 7) is 6.38. The molecule has 1 fully saturated rings. The van der Waals surface area contributed by atoms with Crippen LogP contribution in [-0.4, -0.2) is 33.7 Å². The first-order valence-corrected chi connectivity index (χ1v) is 8.66. The normalized spacial score (nSPS) is 17.8. The highest BCUT2D eigenvalue weighted by molar-refractivity contribution is 6.31. The van der Waals surface area contributed by atoms with E-state index in [1.807, 2.05) is 42.2 Å². The number of carbonyl (C=O) groups is 1. The maximum Gasteiger partial charge on any atom is 0.246 e. The second-order valence-electron chi connectivity index (χ2n) is 6.44. The van der Waals surface area contributed by atoms with Gasteiger partial charge in [0.1, 0.15) is 5.15 Å². The van der Waals surface area contributed by atoms with Crippen molar-refractivity contribution < 1.29 is 4.79 Å². The molecule has 3 rings (SSSR count). The molecular formula is C19H22ClN3O. The van der Waals surface area contributed by atoms with E-state index in [-0.39, 0.29) is 5.91 Å².